The Kier molecular flexibility index (Phi) is 10.2. The summed E-state index contributed by atoms with van der Waals surface area (Å²) < 4.78 is 16.4. The van der Waals surface area contributed by atoms with Crippen molar-refractivity contribution in [3.63, 3.8) is 0 Å². The third kappa shape index (κ3) is 7.48. The van der Waals surface area contributed by atoms with E-state index >= 15 is 0 Å². The van der Waals surface area contributed by atoms with Crippen molar-refractivity contribution in [3.8, 4) is 0 Å². The maximum Gasteiger partial charge on any atom is 0.193 e. The standard InChI is InChI=1S/C21H35N3O3/c1-4-11-26-17-20-8-6-5-7-19(20)14-23-21(22-2)24-10-9-18(15-24)16-27-13-12-25-3/h5-8,18H,4,9-17H2,1-3H3,(H,22,23). The molecular weight excluding hydrogens is 342 g/mol. The first-order valence-corrected chi connectivity index (χ1v) is 9.95. The summed E-state index contributed by atoms with van der Waals surface area (Å²) in [6, 6.07) is 8.43. The van der Waals surface area contributed by atoms with Gasteiger partial charge in [0.05, 0.1) is 26.4 Å². The Labute approximate surface area is 163 Å². The van der Waals surface area contributed by atoms with Crippen LogP contribution in [0, 0.1) is 5.92 Å². The molecule has 0 spiro atoms. The van der Waals surface area contributed by atoms with Crippen LogP contribution in [0.3, 0.4) is 0 Å². The molecule has 1 fully saturated rings. The number of hydrogen-bond donors (Lipinski definition) is 1. The average Bonchev–Trinajstić information content (AvgIpc) is 3.16. The number of rotatable bonds is 11. The van der Waals surface area contributed by atoms with Gasteiger partial charge in [-0.2, -0.15) is 0 Å². The molecule has 0 radical (unpaired) electrons. The van der Waals surface area contributed by atoms with E-state index in [9.17, 15) is 0 Å². The molecule has 6 heteroatoms. The van der Waals surface area contributed by atoms with E-state index in [4.69, 9.17) is 14.2 Å². The van der Waals surface area contributed by atoms with E-state index < -0.39 is 0 Å². The largest absolute Gasteiger partial charge is 0.382 e. The Bertz CT molecular complexity index is 565. The van der Waals surface area contributed by atoms with Crippen molar-refractivity contribution < 1.29 is 14.2 Å². The smallest absolute Gasteiger partial charge is 0.193 e. The van der Waals surface area contributed by atoms with Crippen LogP contribution in [0.2, 0.25) is 0 Å². The van der Waals surface area contributed by atoms with Crippen molar-refractivity contribution in [3.05, 3.63) is 35.4 Å². The first-order valence-electron chi connectivity index (χ1n) is 9.95. The van der Waals surface area contributed by atoms with Gasteiger partial charge in [-0.1, -0.05) is 31.2 Å². The molecule has 1 N–H and O–H groups in total. The van der Waals surface area contributed by atoms with Crippen molar-refractivity contribution >= 4 is 5.96 Å². The van der Waals surface area contributed by atoms with Crippen LogP contribution < -0.4 is 5.32 Å². The van der Waals surface area contributed by atoms with Crippen LogP contribution >= 0.6 is 0 Å². The highest BCUT2D eigenvalue weighted by molar-refractivity contribution is 5.80. The summed E-state index contributed by atoms with van der Waals surface area (Å²) in [6.45, 7) is 8.44. The predicted molar refractivity (Wildman–Crippen MR) is 109 cm³/mol. The molecular formula is C21H35N3O3. The zero-order valence-electron chi connectivity index (χ0n) is 17.1. The van der Waals surface area contributed by atoms with Crippen LogP contribution in [-0.4, -0.2) is 64.5 Å². The van der Waals surface area contributed by atoms with Gasteiger partial charge < -0.3 is 24.4 Å². The fourth-order valence-corrected chi connectivity index (χ4v) is 3.26. The van der Waals surface area contributed by atoms with E-state index in [-0.39, 0.29) is 0 Å². The lowest BCUT2D eigenvalue weighted by atomic mass is 10.1. The Morgan fingerprint density at radius 1 is 1.19 bits per heavy atom. The van der Waals surface area contributed by atoms with Gasteiger partial charge in [-0.05, 0) is 24.0 Å². The summed E-state index contributed by atoms with van der Waals surface area (Å²) in [5, 5.41) is 3.51. The number of hydrogen-bond acceptors (Lipinski definition) is 4. The summed E-state index contributed by atoms with van der Waals surface area (Å²) in [4.78, 5) is 6.79. The molecule has 1 aromatic carbocycles. The van der Waals surface area contributed by atoms with Crippen molar-refractivity contribution in [2.24, 2.45) is 10.9 Å². The maximum absolute atomic E-state index is 5.72. The first kappa shape index (κ1) is 21.7. The molecule has 0 amide bonds. The lowest BCUT2D eigenvalue weighted by molar-refractivity contribution is 0.0536. The summed E-state index contributed by atoms with van der Waals surface area (Å²) in [7, 11) is 3.55. The van der Waals surface area contributed by atoms with E-state index in [1.165, 1.54) is 11.1 Å². The van der Waals surface area contributed by atoms with Gasteiger partial charge in [-0.3, -0.25) is 4.99 Å². The highest BCUT2D eigenvalue weighted by Gasteiger charge is 2.25. The van der Waals surface area contributed by atoms with Gasteiger partial charge >= 0.3 is 0 Å². The van der Waals surface area contributed by atoms with Crippen molar-refractivity contribution in [2.75, 3.05) is 53.7 Å². The van der Waals surface area contributed by atoms with Crippen LogP contribution in [0.4, 0.5) is 0 Å². The number of guanidine groups is 1. The summed E-state index contributed by atoms with van der Waals surface area (Å²) >= 11 is 0. The minimum Gasteiger partial charge on any atom is -0.382 e. The van der Waals surface area contributed by atoms with Gasteiger partial charge in [0.25, 0.3) is 0 Å². The molecule has 1 atom stereocenters. The molecule has 0 aromatic heterocycles. The van der Waals surface area contributed by atoms with Crippen molar-refractivity contribution in [1.82, 2.24) is 10.2 Å². The van der Waals surface area contributed by atoms with E-state index in [2.05, 4.69) is 46.4 Å². The monoisotopic (exact) mass is 377 g/mol. The fraction of sp³-hybridized carbons (Fsp3) is 0.667. The molecule has 27 heavy (non-hydrogen) atoms. The number of ether oxygens (including phenoxy) is 3. The minimum absolute atomic E-state index is 0.551. The van der Waals surface area contributed by atoms with Crippen molar-refractivity contribution in [2.45, 2.75) is 32.9 Å². The highest BCUT2D eigenvalue weighted by atomic mass is 16.5. The second-order valence-corrected chi connectivity index (χ2v) is 6.89. The summed E-state index contributed by atoms with van der Waals surface area (Å²) in [6.07, 6.45) is 2.17. The SMILES string of the molecule is CCCOCc1ccccc1CNC(=NC)N1CCC(COCCOC)C1. The molecule has 1 aliphatic heterocycles. The number of methoxy groups -OCH3 is 1. The molecule has 2 rings (SSSR count). The number of nitrogens with one attached hydrogen (secondary N) is 1. The Morgan fingerprint density at radius 2 is 2.00 bits per heavy atom. The van der Waals surface area contributed by atoms with E-state index in [0.717, 1.165) is 51.6 Å². The fourth-order valence-electron chi connectivity index (χ4n) is 3.26. The zero-order chi connectivity index (χ0) is 19.3. The van der Waals surface area contributed by atoms with Gasteiger partial charge in [0, 0.05) is 46.3 Å². The molecule has 1 saturated heterocycles. The lowest BCUT2D eigenvalue weighted by Gasteiger charge is -2.22. The van der Waals surface area contributed by atoms with Crippen LogP contribution in [0.25, 0.3) is 0 Å². The molecule has 0 saturated carbocycles. The molecule has 1 unspecified atom stereocenters. The predicted octanol–water partition coefficient (Wildman–Crippen LogP) is 2.67. The second-order valence-electron chi connectivity index (χ2n) is 6.89. The molecule has 0 aliphatic carbocycles. The van der Waals surface area contributed by atoms with Crippen LogP contribution in [0.15, 0.2) is 29.3 Å². The van der Waals surface area contributed by atoms with E-state index in [0.29, 0.717) is 25.7 Å². The van der Waals surface area contributed by atoms with Gasteiger partial charge in [-0.25, -0.2) is 0 Å². The topological polar surface area (TPSA) is 55.3 Å². The third-order valence-electron chi connectivity index (χ3n) is 4.74. The highest BCUT2D eigenvalue weighted by Crippen LogP contribution is 2.17. The first-order chi connectivity index (χ1) is 13.3. The van der Waals surface area contributed by atoms with Gasteiger partial charge in [-0.15, -0.1) is 0 Å². The van der Waals surface area contributed by atoms with Crippen molar-refractivity contribution in [1.29, 1.82) is 0 Å². The van der Waals surface area contributed by atoms with Gasteiger partial charge in [0.15, 0.2) is 5.96 Å². The van der Waals surface area contributed by atoms with E-state index in [1.54, 1.807) is 7.11 Å². The third-order valence-corrected chi connectivity index (χ3v) is 4.74. The number of benzene rings is 1. The van der Waals surface area contributed by atoms with Crippen LogP contribution in [0.1, 0.15) is 30.9 Å². The number of nitrogens with zero attached hydrogens (tertiary/aromatic N) is 2. The van der Waals surface area contributed by atoms with Gasteiger partial charge in [0.2, 0.25) is 0 Å². The van der Waals surface area contributed by atoms with Gasteiger partial charge in [0.1, 0.15) is 0 Å². The normalized spacial score (nSPS) is 17.5. The quantitative estimate of drug-likeness (QED) is 0.365. The molecule has 6 nitrogen and oxygen atoms in total. The molecule has 1 heterocycles. The molecule has 1 aliphatic rings. The van der Waals surface area contributed by atoms with E-state index in [1.807, 2.05) is 7.05 Å². The molecule has 1 aromatic rings. The summed E-state index contributed by atoms with van der Waals surface area (Å²) in [5.74, 6) is 1.51. The van der Waals surface area contributed by atoms with Crippen LogP contribution in [-0.2, 0) is 27.4 Å². The molecule has 0 bridgehead atoms. The lowest BCUT2D eigenvalue weighted by Crippen LogP contribution is -2.40. The minimum atomic E-state index is 0.551. The Morgan fingerprint density at radius 3 is 2.74 bits per heavy atom. The second kappa shape index (κ2) is 12.7. The van der Waals surface area contributed by atoms with Crippen LogP contribution in [0.5, 0.6) is 0 Å². The maximum atomic E-state index is 5.72. The zero-order valence-corrected chi connectivity index (χ0v) is 17.1. The summed E-state index contributed by atoms with van der Waals surface area (Å²) in [5.41, 5.74) is 2.49. The number of aliphatic imine (C=N–C) groups is 1. The Hall–Kier alpha value is -1.63. The number of likely N-dealkylation sites (tertiary alicyclic amines) is 1. The average molecular weight is 378 g/mol. The Balaban J connectivity index is 1.81. The molecule has 152 valence electrons.